The number of esters is 2. The van der Waals surface area contributed by atoms with Crippen LogP contribution in [0.5, 0.6) is 0 Å². The van der Waals surface area contributed by atoms with E-state index in [1.807, 2.05) is 13.8 Å². The Kier molecular flexibility index (Phi) is 10.5. The smallest absolute Gasteiger partial charge is 0.307 e. The van der Waals surface area contributed by atoms with Crippen molar-refractivity contribution in [2.24, 2.45) is 0 Å². The van der Waals surface area contributed by atoms with Gasteiger partial charge in [0.1, 0.15) is 0 Å². The lowest BCUT2D eigenvalue weighted by atomic mass is 10.2. The van der Waals surface area contributed by atoms with E-state index in [2.05, 4.69) is 18.8 Å². The summed E-state index contributed by atoms with van der Waals surface area (Å²) in [6.45, 7) is 7.56. The summed E-state index contributed by atoms with van der Waals surface area (Å²) in [5, 5.41) is 0. The predicted octanol–water partition coefficient (Wildman–Crippen LogP) is 3.23. The van der Waals surface area contributed by atoms with Crippen molar-refractivity contribution >= 4 is 11.9 Å². The van der Waals surface area contributed by atoms with Crippen LogP contribution in [-0.2, 0) is 19.1 Å². The zero-order valence-electron chi connectivity index (χ0n) is 13.0. The highest BCUT2D eigenvalue weighted by molar-refractivity contribution is 5.77. The van der Waals surface area contributed by atoms with Gasteiger partial charge in [0.15, 0.2) is 6.10 Å². The molecule has 0 saturated heterocycles. The molecule has 0 rings (SSSR count). The largest absolute Gasteiger partial charge is 0.463 e. The summed E-state index contributed by atoms with van der Waals surface area (Å²) in [6, 6.07) is 0. The molecule has 2 atom stereocenters. The molecule has 20 heavy (non-hydrogen) atoms. The van der Waals surface area contributed by atoms with E-state index in [-0.39, 0.29) is 31.0 Å². The minimum Gasteiger partial charge on any atom is -0.463 e. The first-order valence-corrected chi connectivity index (χ1v) is 7.34. The molecule has 0 aromatic rings. The highest BCUT2D eigenvalue weighted by Crippen LogP contribution is 2.07. The second kappa shape index (κ2) is 11.3. The molecule has 0 aromatic carbocycles. The van der Waals surface area contributed by atoms with Crippen molar-refractivity contribution in [3.05, 3.63) is 0 Å². The second-order valence-corrected chi connectivity index (χ2v) is 4.72. The van der Waals surface area contributed by atoms with Gasteiger partial charge >= 0.3 is 11.9 Å². The Labute approximate surface area is 122 Å². The Morgan fingerprint density at radius 3 is 2.20 bits per heavy atom. The van der Waals surface area contributed by atoms with Crippen molar-refractivity contribution in [3.8, 4) is 11.8 Å². The van der Waals surface area contributed by atoms with Crippen molar-refractivity contribution in [1.29, 1.82) is 0 Å². The van der Waals surface area contributed by atoms with Crippen molar-refractivity contribution in [2.45, 2.75) is 78.4 Å². The highest BCUT2D eigenvalue weighted by atomic mass is 16.5. The summed E-state index contributed by atoms with van der Waals surface area (Å²) in [7, 11) is 0. The zero-order valence-corrected chi connectivity index (χ0v) is 13.0. The number of carbonyl (C=O) groups excluding carboxylic acids is 2. The molecule has 0 aliphatic heterocycles. The molecule has 0 aromatic heterocycles. The van der Waals surface area contributed by atoms with Crippen LogP contribution >= 0.6 is 0 Å². The first-order chi connectivity index (χ1) is 9.53. The number of hydrogen-bond acceptors (Lipinski definition) is 4. The molecule has 0 radical (unpaired) electrons. The van der Waals surface area contributed by atoms with Gasteiger partial charge in [0.05, 0.1) is 18.9 Å². The van der Waals surface area contributed by atoms with Gasteiger partial charge < -0.3 is 9.47 Å². The molecular weight excluding hydrogens is 256 g/mol. The fourth-order valence-electron chi connectivity index (χ4n) is 1.63. The van der Waals surface area contributed by atoms with Gasteiger partial charge in [0.2, 0.25) is 0 Å². The van der Waals surface area contributed by atoms with E-state index in [0.717, 1.165) is 19.3 Å². The molecule has 4 heteroatoms. The molecule has 0 fully saturated rings. The molecule has 4 nitrogen and oxygen atoms in total. The standard InChI is InChI=1S/C16H26O4/c1-5-8-10-13(4)19-15(17)11-12-16(18)20-14(7-3)9-6-2/h13-14H,5,7-8,10-12H2,1-4H3. The maximum Gasteiger partial charge on any atom is 0.307 e. The minimum atomic E-state index is -0.405. The molecule has 0 spiro atoms. The lowest BCUT2D eigenvalue weighted by Crippen LogP contribution is -2.19. The summed E-state index contributed by atoms with van der Waals surface area (Å²) in [4.78, 5) is 23.1. The summed E-state index contributed by atoms with van der Waals surface area (Å²) < 4.78 is 10.3. The molecular formula is C16H26O4. The van der Waals surface area contributed by atoms with Gasteiger partial charge in [0, 0.05) is 0 Å². The molecule has 0 aliphatic carbocycles. The summed E-state index contributed by atoms with van der Waals surface area (Å²) >= 11 is 0. The van der Waals surface area contributed by atoms with Crippen LogP contribution in [0, 0.1) is 11.8 Å². The lowest BCUT2D eigenvalue weighted by Gasteiger charge is -2.13. The van der Waals surface area contributed by atoms with Crippen molar-refractivity contribution in [2.75, 3.05) is 0 Å². The van der Waals surface area contributed by atoms with Crippen LogP contribution in [0.4, 0.5) is 0 Å². The Morgan fingerprint density at radius 2 is 1.70 bits per heavy atom. The lowest BCUT2D eigenvalue weighted by molar-refractivity contribution is -0.154. The maximum atomic E-state index is 11.6. The van der Waals surface area contributed by atoms with Gasteiger partial charge in [0.25, 0.3) is 0 Å². The monoisotopic (exact) mass is 282 g/mol. The van der Waals surface area contributed by atoms with Crippen LogP contribution in [0.25, 0.3) is 0 Å². The van der Waals surface area contributed by atoms with E-state index in [0.29, 0.717) is 6.42 Å². The van der Waals surface area contributed by atoms with Gasteiger partial charge in [-0.15, -0.1) is 5.92 Å². The molecule has 0 aliphatic rings. The number of carbonyl (C=O) groups is 2. The van der Waals surface area contributed by atoms with Gasteiger partial charge in [-0.3, -0.25) is 9.59 Å². The van der Waals surface area contributed by atoms with Gasteiger partial charge in [-0.1, -0.05) is 32.6 Å². The van der Waals surface area contributed by atoms with Crippen molar-refractivity contribution in [3.63, 3.8) is 0 Å². The molecule has 114 valence electrons. The first kappa shape index (κ1) is 18.5. The number of rotatable bonds is 9. The number of unbranched alkanes of at least 4 members (excludes halogenated alkanes) is 1. The van der Waals surface area contributed by atoms with E-state index in [1.54, 1.807) is 6.92 Å². The van der Waals surface area contributed by atoms with Crippen LogP contribution < -0.4 is 0 Å². The van der Waals surface area contributed by atoms with E-state index in [9.17, 15) is 9.59 Å². The maximum absolute atomic E-state index is 11.6. The topological polar surface area (TPSA) is 52.6 Å². The van der Waals surface area contributed by atoms with E-state index in [4.69, 9.17) is 9.47 Å². The number of hydrogen-bond donors (Lipinski definition) is 0. The Morgan fingerprint density at radius 1 is 1.10 bits per heavy atom. The van der Waals surface area contributed by atoms with Crippen molar-refractivity contribution < 1.29 is 19.1 Å². The fraction of sp³-hybridized carbons (Fsp3) is 0.750. The van der Waals surface area contributed by atoms with Crippen LogP contribution in [0.1, 0.15) is 66.2 Å². The van der Waals surface area contributed by atoms with Crippen LogP contribution in [-0.4, -0.2) is 24.1 Å². The normalized spacial score (nSPS) is 12.8. The molecule has 2 unspecified atom stereocenters. The first-order valence-electron chi connectivity index (χ1n) is 7.34. The summed E-state index contributed by atoms with van der Waals surface area (Å²) in [5.41, 5.74) is 0. The number of ether oxygens (including phenoxy) is 2. The summed E-state index contributed by atoms with van der Waals surface area (Å²) in [5.74, 6) is 4.76. The molecule has 0 saturated carbocycles. The second-order valence-electron chi connectivity index (χ2n) is 4.72. The predicted molar refractivity (Wildman–Crippen MR) is 77.9 cm³/mol. The van der Waals surface area contributed by atoms with Crippen molar-refractivity contribution in [1.82, 2.24) is 0 Å². The van der Waals surface area contributed by atoms with Crippen LogP contribution in [0.3, 0.4) is 0 Å². The molecule has 0 bridgehead atoms. The average Bonchev–Trinajstić information content (AvgIpc) is 2.42. The Bertz CT molecular complexity index is 351. The van der Waals surface area contributed by atoms with Gasteiger partial charge in [-0.05, 0) is 26.7 Å². The zero-order chi connectivity index (χ0) is 15.4. The van der Waals surface area contributed by atoms with Gasteiger partial charge in [-0.25, -0.2) is 0 Å². The average molecular weight is 282 g/mol. The minimum absolute atomic E-state index is 0.0429. The third-order valence-electron chi connectivity index (χ3n) is 2.78. The molecule has 0 amide bonds. The molecule has 0 heterocycles. The quantitative estimate of drug-likeness (QED) is 0.481. The van der Waals surface area contributed by atoms with E-state index >= 15 is 0 Å². The van der Waals surface area contributed by atoms with E-state index < -0.39 is 5.97 Å². The van der Waals surface area contributed by atoms with Gasteiger partial charge in [-0.2, -0.15) is 0 Å². The summed E-state index contributed by atoms with van der Waals surface area (Å²) in [6.07, 6.45) is 3.24. The fourth-order valence-corrected chi connectivity index (χ4v) is 1.63. The highest BCUT2D eigenvalue weighted by Gasteiger charge is 2.14. The van der Waals surface area contributed by atoms with E-state index in [1.165, 1.54) is 0 Å². The van der Waals surface area contributed by atoms with Crippen LogP contribution in [0.2, 0.25) is 0 Å². The molecule has 0 N–H and O–H groups in total. The third-order valence-corrected chi connectivity index (χ3v) is 2.78. The Balaban J connectivity index is 3.92. The third kappa shape index (κ3) is 9.43. The van der Waals surface area contributed by atoms with Crippen LogP contribution in [0.15, 0.2) is 0 Å². The SMILES string of the molecule is CC#CC(CC)OC(=O)CCC(=O)OC(C)CCCC. The Hall–Kier alpha value is -1.50.